The van der Waals surface area contributed by atoms with E-state index in [0.29, 0.717) is 12.8 Å². The quantitative estimate of drug-likeness (QED) is 0.0195. The fraction of sp³-hybridized carbons (Fsp3) is 0.671. The van der Waals surface area contributed by atoms with Crippen LogP contribution >= 0.6 is 0 Å². The van der Waals surface area contributed by atoms with E-state index in [0.717, 1.165) is 148 Å². The number of hydrogen-bond acceptors (Lipinski definition) is 10. The summed E-state index contributed by atoms with van der Waals surface area (Å²) in [4.78, 5) is 26.7. The molecule has 0 radical (unpaired) electrons. The average molecular weight is 1250 g/mol. The lowest BCUT2D eigenvalue weighted by Crippen LogP contribution is -2.61. The SMILES string of the molecule is CC/C=C\C/C=C\C/C=C\C/C=C\C/C=C\C/C=C\CCCCCCC(=O)OC1C(OCC(NC(=O)C(O)CCCCCCCCCCCC/C=C\C/C=C\C/C=C\C/C=C\C/C=C\CC)C(O)/C=C/CCCCCCCCCCCC)OC(CO)C(O)C1O. The highest BCUT2D eigenvalue weighted by molar-refractivity contribution is 5.80. The van der Waals surface area contributed by atoms with E-state index in [-0.39, 0.29) is 19.4 Å². The van der Waals surface area contributed by atoms with Gasteiger partial charge in [-0.2, -0.15) is 0 Å². The van der Waals surface area contributed by atoms with Gasteiger partial charge in [-0.15, -0.1) is 0 Å². The second kappa shape index (κ2) is 64.6. The van der Waals surface area contributed by atoms with Crippen molar-refractivity contribution in [2.75, 3.05) is 13.2 Å². The topological polar surface area (TPSA) is 175 Å². The van der Waals surface area contributed by atoms with Gasteiger partial charge in [0.1, 0.15) is 24.4 Å². The maximum absolute atomic E-state index is 13.5. The molecule has 0 spiro atoms. The highest BCUT2D eigenvalue weighted by atomic mass is 16.7. The molecule has 0 saturated carbocycles. The van der Waals surface area contributed by atoms with Gasteiger partial charge in [0.15, 0.2) is 12.4 Å². The summed E-state index contributed by atoms with van der Waals surface area (Å²) >= 11 is 0. The lowest BCUT2D eigenvalue weighted by molar-refractivity contribution is -0.305. The minimum Gasteiger partial charge on any atom is -0.454 e. The van der Waals surface area contributed by atoms with E-state index in [2.05, 4.69) is 160 Å². The van der Waals surface area contributed by atoms with Crippen molar-refractivity contribution in [2.24, 2.45) is 0 Å². The number of hydrogen-bond donors (Lipinski definition) is 6. The predicted octanol–water partition coefficient (Wildman–Crippen LogP) is 18.9. The van der Waals surface area contributed by atoms with Gasteiger partial charge in [-0.25, -0.2) is 0 Å². The van der Waals surface area contributed by atoms with E-state index < -0.39 is 67.4 Å². The van der Waals surface area contributed by atoms with E-state index in [9.17, 15) is 35.1 Å². The fourth-order valence-electron chi connectivity index (χ4n) is 10.4. The first-order valence-electron chi connectivity index (χ1n) is 36.1. The summed E-state index contributed by atoms with van der Waals surface area (Å²) in [7, 11) is 0. The smallest absolute Gasteiger partial charge is 0.306 e. The molecule has 1 aliphatic rings. The molecule has 1 aliphatic heterocycles. The molecule has 90 heavy (non-hydrogen) atoms. The zero-order chi connectivity index (χ0) is 65.3. The molecule has 11 heteroatoms. The van der Waals surface area contributed by atoms with Crippen LogP contribution in [-0.4, -0.2) is 99.6 Å². The highest BCUT2D eigenvalue weighted by Gasteiger charge is 2.47. The van der Waals surface area contributed by atoms with Crippen molar-refractivity contribution in [3.05, 3.63) is 146 Å². The van der Waals surface area contributed by atoms with Crippen LogP contribution in [0.1, 0.15) is 278 Å². The van der Waals surface area contributed by atoms with Crippen molar-refractivity contribution in [3.8, 4) is 0 Å². The molecule has 0 bridgehead atoms. The first-order chi connectivity index (χ1) is 44.2. The zero-order valence-corrected chi connectivity index (χ0v) is 57.0. The van der Waals surface area contributed by atoms with Crippen LogP contribution < -0.4 is 5.32 Å². The van der Waals surface area contributed by atoms with Gasteiger partial charge >= 0.3 is 5.97 Å². The molecule has 1 saturated heterocycles. The number of carbonyl (C=O) groups excluding carboxylic acids is 2. The third-order valence-corrected chi connectivity index (χ3v) is 16.0. The number of amides is 1. The monoisotopic (exact) mass is 1250 g/mol. The van der Waals surface area contributed by atoms with Crippen LogP contribution in [0.4, 0.5) is 0 Å². The van der Waals surface area contributed by atoms with Gasteiger partial charge in [0.05, 0.1) is 25.4 Å². The molecule has 6 N–H and O–H groups in total. The van der Waals surface area contributed by atoms with Crippen molar-refractivity contribution in [3.63, 3.8) is 0 Å². The van der Waals surface area contributed by atoms with E-state index in [4.69, 9.17) is 14.2 Å². The van der Waals surface area contributed by atoms with Crippen LogP contribution in [0.3, 0.4) is 0 Å². The predicted molar refractivity (Wildman–Crippen MR) is 379 cm³/mol. The van der Waals surface area contributed by atoms with Crippen molar-refractivity contribution >= 4 is 11.9 Å². The summed E-state index contributed by atoms with van der Waals surface area (Å²) in [6.07, 6.45) is 83.1. The number of esters is 1. The molecule has 0 aromatic heterocycles. The van der Waals surface area contributed by atoms with Crippen molar-refractivity contribution < 1.29 is 49.3 Å². The lowest BCUT2D eigenvalue weighted by atomic mass is 9.99. The number of carbonyl (C=O) groups is 2. The molecule has 0 aromatic rings. The first-order valence-corrected chi connectivity index (χ1v) is 36.1. The Bertz CT molecular complexity index is 2030. The molecular formula is C79H131NO10. The van der Waals surface area contributed by atoms with Crippen LogP contribution in [0.25, 0.3) is 0 Å². The number of aliphatic hydroxyl groups excluding tert-OH is 5. The summed E-state index contributed by atoms with van der Waals surface area (Å²) in [6.45, 7) is 5.56. The molecule has 1 heterocycles. The summed E-state index contributed by atoms with van der Waals surface area (Å²) in [5.41, 5.74) is 0. The van der Waals surface area contributed by atoms with Gasteiger partial charge in [-0.1, -0.05) is 295 Å². The van der Waals surface area contributed by atoms with Gasteiger partial charge < -0.3 is 45.1 Å². The van der Waals surface area contributed by atoms with E-state index >= 15 is 0 Å². The second-order valence-corrected chi connectivity index (χ2v) is 24.2. The van der Waals surface area contributed by atoms with Crippen molar-refractivity contribution in [1.82, 2.24) is 5.32 Å². The molecule has 1 amide bonds. The standard InChI is InChI=1S/C79H131NO10/c1-4-7-10-13-16-19-22-25-27-29-31-33-35-36-37-39-40-42-44-46-48-51-54-57-60-63-66-72(83)78(87)80-70(71(82)65-62-59-56-53-50-24-21-18-15-12-9-6-3)69-88-79-77(76(86)75(85)73(68-81)89-79)90-74(84)67-64-61-58-55-52-49-47-45-43-41-38-34-32-30-28-26-23-20-17-14-11-8-5-2/h7-8,10-11,16-17,19-20,25-28,31-34,36-37,41,43,47,49,62,65,70-73,75-77,79,81-83,85-86H,4-6,9,12-15,18,21-24,29-30,35,38-40,42,44-46,48,50-61,63-64,66-69H2,1-3H3,(H,80,87)/b10-7-,11-8-,19-16-,20-17-,27-25-,28-26-,33-31-,34-32-,37-36-,43-41-,49-47-,65-62+. The maximum atomic E-state index is 13.5. The molecule has 11 nitrogen and oxygen atoms in total. The number of rotatable bonds is 60. The first kappa shape index (κ1) is 83.6. The maximum Gasteiger partial charge on any atom is 0.306 e. The summed E-state index contributed by atoms with van der Waals surface area (Å²) < 4.78 is 17.7. The zero-order valence-electron chi connectivity index (χ0n) is 57.0. The van der Waals surface area contributed by atoms with Crippen LogP contribution in [0.2, 0.25) is 0 Å². The van der Waals surface area contributed by atoms with Crippen molar-refractivity contribution in [2.45, 2.75) is 327 Å². The molecule has 512 valence electrons. The summed E-state index contributed by atoms with van der Waals surface area (Å²) in [6, 6.07) is -1.04. The van der Waals surface area contributed by atoms with E-state index in [1.54, 1.807) is 6.08 Å². The number of aliphatic hydroxyl groups is 5. The Kier molecular flexibility index (Phi) is 60.0. The highest BCUT2D eigenvalue weighted by Crippen LogP contribution is 2.26. The summed E-state index contributed by atoms with van der Waals surface area (Å²) in [5, 5.41) is 57.3. The van der Waals surface area contributed by atoms with E-state index in [1.807, 2.05) is 6.08 Å². The second-order valence-electron chi connectivity index (χ2n) is 24.2. The third kappa shape index (κ3) is 51.1. The largest absolute Gasteiger partial charge is 0.454 e. The van der Waals surface area contributed by atoms with Crippen LogP contribution in [0, 0.1) is 0 Å². The summed E-state index contributed by atoms with van der Waals surface area (Å²) in [5.74, 6) is -1.23. The lowest BCUT2D eigenvalue weighted by Gasteiger charge is -2.41. The Morgan fingerprint density at radius 3 is 1.20 bits per heavy atom. The van der Waals surface area contributed by atoms with Gasteiger partial charge in [-0.05, 0) is 122 Å². The Labute approximate surface area is 549 Å². The van der Waals surface area contributed by atoms with E-state index in [1.165, 1.54) is 83.5 Å². The minimum atomic E-state index is -1.64. The Hall–Kier alpha value is -4.46. The molecule has 1 fully saturated rings. The number of nitrogens with one attached hydrogen (secondary N) is 1. The molecular weight excluding hydrogens is 1120 g/mol. The van der Waals surface area contributed by atoms with Gasteiger partial charge in [0.25, 0.3) is 0 Å². The van der Waals surface area contributed by atoms with Gasteiger partial charge in [0, 0.05) is 6.42 Å². The van der Waals surface area contributed by atoms with Crippen molar-refractivity contribution in [1.29, 1.82) is 0 Å². The van der Waals surface area contributed by atoms with Crippen LogP contribution in [-0.2, 0) is 23.8 Å². The van der Waals surface area contributed by atoms with Gasteiger partial charge in [0.2, 0.25) is 5.91 Å². The van der Waals surface area contributed by atoms with Crippen LogP contribution in [0.5, 0.6) is 0 Å². The number of ether oxygens (including phenoxy) is 3. The van der Waals surface area contributed by atoms with Gasteiger partial charge in [-0.3, -0.25) is 9.59 Å². The Morgan fingerprint density at radius 2 is 0.800 bits per heavy atom. The third-order valence-electron chi connectivity index (χ3n) is 16.0. The fourth-order valence-corrected chi connectivity index (χ4v) is 10.4. The molecule has 0 aliphatic carbocycles. The molecule has 0 aromatic carbocycles. The Balaban J connectivity index is 2.60. The molecule has 8 atom stereocenters. The van der Waals surface area contributed by atoms with Crippen LogP contribution in [0.15, 0.2) is 146 Å². The molecule has 8 unspecified atom stereocenters. The minimum absolute atomic E-state index is 0.0857. The normalized spacial score (nSPS) is 19.0. The number of unbranched alkanes of at least 4 members (excludes halogenated alkanes) is 24. The average Bonchev–Trinajstić information content (AvgIpc) is 3.11. The molecule has 1 rings (SSSR count). The Morgan fingerprint density at radius 1 is 0.444 bits per heavy atom. The number of allylic oxidation sites excluding steroid dienone is 23.